The highest BCUT2D eigenvalue weighted by molar-refractivity contribution is 5.00. The van der Waals surface area contributed by atoms with Crippen LogP contribution in [0.5, 0.6) is 0 Å². The molecule has 0 radical (unpaired) electrons. The fourth-order valence-corrected chi connectivity index (χ4v) is 3.06. The summed E-state index contributed by atoms with van der Waals surface area (Å²) in [7, 11) is 0. The van der Waals surface area contributed by atoms with E-state index in [4.69, 9.17) is 10.8 Å². The zero-order valence-corrected chi connectivity index (χ0v) is 13.1. The molecule has 0 aliphatic heterocycles. The van der Waals surface area contributed by atoms with Crippen LogP contribution in [-0.2, 0) is 6.54 Å². The van der Waals surface area contributed by atoms with E-state index in [0.717, 1.165) is 26.2 Å². The topological polar surface area (TPSA) is 47.1 Å². The fourth-order valence-electron chi connectivity index (χ4n) is 3.06. The Morgan fingerprint density at radius 1 is 1.40 bits per heavy atom. The van der Waals surface area contributed by atoms with Crippen molar-refractivity contribution in [3.8, 4) is 0 Å². The lowest BCUT2D eigenvalue weighted by Crippen LogP contribution is -2.31. The molecular weight excluding hydrogens is 248 g/mol. The van der Waals surface area contributed by atoms with Crippen LogP contribution >= 0.6 is 0 Å². The number of hydrogen-bond acceptors (Lipinski definition) is 3. The van der Waals surface area contributed by atoms with Crippen molar-refractivity contribution >= 4 is 0 Å². The van der Waals surface area contributed by atoms with Gasteiger partial charge in [0.25, 0.3) is 0 Å². The molecule has 1 heterocycles. The Morgan fingerprint density at radius 2 is 2.15 bits per heavy atom. The third-order valence-electron chi connectivity index (χ3n) is 4.42. The molecule has 1 unspecified atom stereocenters. The van der Waals surface area contributed by atoms with Crippen LogP contribution in [-0.4, -0.2) is 34.3 Å². The first kappa shape index (κ1) is 15.5. The Labute approximate surface area is 123 Å². The average molecular weight is 278 g/mol. The minimum atomic E-state index is 0.551. The number of hydrogen-bond donors (Lipinski definition) is 1. The molecule has 20 heavy (non-hydrogen) atoms. The zero-order chi connectivity index (χ0) is 14.4. The molecule has 1 aliphatic rings. The normalized spacial score (nSPS) is 18.6. The molecule has 0 aromatic carbocycles. The largest absolute Gasteiger partial charge is 0.330 e. The van der Waals surface area contributed by atoms with Crippen LogP contribution in [0.2, 0.25) is 0 Å². The van der Waals surface area contributed by atoms with Gasteiger partial charge in [-0.1, -0.05) is 33.1 Å². The van der Waals surface area contributed by atoms with Gasteiger partial charge in [-0.05, 0) is 37.9 Å². The molecule has 0 spiro atoms. The summed E-state index contributed by atoms with van der Waals surface area (Å²) < 4.78 is 2.20. The molecule has 1 atom stereocenters. The average Bonchev–Trinajstić information content (AvgIpc) is 2.95. The van der Waals surface area contributed by atoms with Gasteiger partial charge in [-0.15, -0.1) is 0 Å². The van der Waals surface area contributed by atoms with E-state index in [2.05, 4.69) is 35.7 Å². The molecule has 2 N–H and O–H groups in total. The lowest BCUT2D eigenvalue weighted by Gasteiger charge is -2.23. The minimum Gasteiger partial charge on any atom is -0.330 e. The molecule has 114 valence electrons. The molecule has 1 aromatic rings. The lowest BCUT2D eigenvalue weighted by atomic mass is 9.96. The second-order valence-corrected chi connectivity index (χ2v) is 6.25. The van der Waals surface area contributed by atoms with Gasteiger partial charge in [-0.3, -0.25) is 9.58 Å². The van der Waals surface area contributed by atoms with Gasteiger partial charge >= 0.3 is 0 Å². The van der Waals surface area contributed by atoms with E-state index in [1.165, 1.54) is 37.8 Å². The van der Waals surface area contributed by atoms with E-state index in [1.807, 2.05) is 0 Å². The van der Waals surface area contributed by atoms with Crippen LogP contribution < -0.4 is 5.73 Å². The molecular formula is C16H30N4. The Kier molecular flexibility index (Phi) is 6.05. The molecule has 2 rings (SSSR count). The minimum absolute atomic E-state index is 0.551. The van der Waals surface area contributed by atoms with Crippen molar-refractivity contribution in [3.63, 3.8) is 0 Å². The second-order valence-electron chi connectivity index (χ2n) is 6.25. The van der Waals surface area contributed by atoms with Crippen molar-refractivity contribution in [1.29, 1.82) is 0 Å². The van der Waals surface area contributed by atoms with E-state index >= 15 is 0 Å². The van der Waals surface area contributed by atoms with Gasteiger partial charge in [-0.25, -0.2) is 0 Å². The number of rotatable bonds is 7. The van der Waals surface area contributed by atoms with Crippen LogP contribution in [0.1, 0.15) is 57.7 Å². The van der Waals surface area contributed by atoms with E-state index in [-0.39, 0.29) is 0 Å². The maximum absolute atomic E-state index is 5.72. The Balaban J connectivity index is 1.90. The highest BCUT2D eigenvalue weighted by Gasteiger charge is 2.16. The highest BCUT2D eigenvalue weighted by atomic mass is 15.3. The maximum Gasteiger partial charge on any atom is 0.0764 e. The Morgan fingerprint density at radius 3 is 2.80 bits per heavy atom. The number of aromatic nitrogens is 2. The maximum atomic E-state index is 5.72. The van der Waals surface area contributed by atoms with Crippen molar-refractivity contribution in [3.05, 3.63) is 18.0 Å². The van der Waals surface area contributed by atoms with Crippen molar-refractivity contribution in [2.24, 2.45) is 11.7 Å². The molecule has 1 saturated carbocycles. The smallest absolute Gasteiger partial charge is 0.0764 e. The summed E-state index contributed by atoms with van der Waals surface area (Å²) >= 11 is 0. The molecule has 0 bridgehead atoms. The predicted molar refractivity (Wildman–Crippen MR) is 83.5 cm³/mol. The van der Waals surface area contributed by atoms with Crippen molar-refractivity contribution in [1.82, 2.24) is 14.7 Å². The predicted octanol–water partition coefficient (Wildman–Crippen LogP) is 2.81. The highest BCUT2D eigenvalue weighted by Crippen LogP contribution is 2.27. The van der Waals surface area contributed by atoms with Crippen molar-refractivity contribution < 1.29 is 0 Å². The monoisotopic (exact) mass is 278 g/mol. The molecule has 0 saturated heterocycles. The van der Waals surface area contributed by atoms with Crippen LogP contribution in [0.4, 0.5) is 0 Å². The second kappa shape index (κ2) is 7.79. The van der Waals surface area contributed by atoms with Crippen LogP contribution in [0, 0.1) is 5.92 Å². The standard InChI is InChI=1S/C16H30N4/c1-3-19(12-14(2)11-17)13-15-9-10-20(18-15)16-7-5-4-6-8-16/h9-10,14,16H,3-8,11-13,17H2,1-2H3. The summed E-state index contributed by atoms with van der Waals surface area (Å²) in [5, 5.41) is 4.80. The van der Waals surface area contributed by atoms with Gasteiger partial charge in [0.05, 0.1) is 11.7 Å². The third kappa shape index (κ3) is 4.32. The van der Waals surface area contributed by atoms with E-state index in [0.29, 0.717) is 12.0 Å². The van der Waals surface area contributed by atoms with Crippen molar-refractivity contribution in [2.45, 2.75) is 58.5 Å². The van der Waals surface area contributed by atoms with Gasteiger partial charge in [0, 0.05) is 19.3 Å². The van der Waals surface area contributed by atoms with E-state index < -0.39 is 0 Å². The first-order chi connectivity index (χ1) is 9.72. The zero-order valence-electron chi connectivity index (χ0n) is 13.1. The van der Waals surface area contributed by atoms with E-state index in [1.54, 1.807) is 0 Å². The van der Waals surface area contributed by atoms with Gasteiger partial charge in [0.1, 0.15) is 0 Å². The number of nitrogens with zero attached hydrogens (tertiary/aromatic N) is 3. The first-order valence-electron chi connectivity index (χ1n) is 8.19. The van der Waals surface area contributed by atoms with Gasteiger partial charge < -0.3 is 5.73 Å². The summed E-state index contributed by atoms with van der Waals surface area (Å²) in [5.74, 6) is 0.551. The molecule has 4 nitrogen and oxygen atoms in total. The molecule has 1 aliphatic carbocycles. The lowest BCUT2D eigenvalue weighted by molar-refractivity contribution is 0.238. The summed E-state index contributed by atoms with van der Waals surface area (Å²) in [6, 6.07) is 2.82. The van der Waals surface area contributed by atoms with Gasteiger partial charge in [0.2, 0.25) is 0 Å². The van der Waals surface area contributed by atoms with E-state index in [9.17, 15) is 0 Å². The summed E-state index contributed by atoms with van der Waals surface area (Å²) in [6.45, 7) is 8.24. The fraction of sp³-hybridized carbons (Fsp3) is 0.812. The first-order valence-corrected chi connectivity index (χ1v) is 8.19. The Hall–Kier alpha value is -0.870. The molecule has 0 amide bonds. The van der Waals surface area contributed by atoms with Crippen molar-refractivity contribution in [2.75, 3.05) is 19.6 Å². The SMILES string of the molecule is CCN(Cc1ccn(C2CCCCC2)n1)CC(C)CN. The molecule has 1 fully saturated rings. The summed E-state index contributed by atoms with van der Waals surface area (Å²) in [5.41, 5.74) is 6.92. The van der Waals surface area contributed by atoms with Gasteiger partial charge in [0.15, 0.2) is 0 Å². The number of nitrogens with two attached hydrogens (primary N) is 1. The summed E-state index contributed by atoms with van der Waals surface area (Å²) in [4.78, 5) is 2.44. The quantitative estimate of drug-likeness (QED) is 0.834. The Bertz CT molecular complexity index is 382. The van der Waals surface area contributed by atoms with Crippen LogP contribution in [0.3, 0.4) is 0 Å². The molecule has 4 heteroatoms. The third-order valence-corrected chi connectivity index (χ3v) is 4.42. The van der Waals surface area contributed by atoms with Crippen LogP contribution in [0.15, 0.2) is 12.3 Å². The molecule has 1 aromatic heterocycles. The summed E-state index contributed by atoms with van der Waals surface area (Å²) in [6.07, 6.45) is 8.87. The van der Waals surface area contributed by atoms with Gasteiger partial charge in [-0.2, -0.15) is 5.10 Å². The van der Waals surface area contributed by atoms with Crippen LogP contribution in [0.25, 0.3) is 0 Å².